The molecule has 39 heavy (non-hydrogen) atoms. The van der Waals surface area contributed by atoms with Gasteiger partial charge in [0.2, 0.25) is 11.8 Å². The Bertz CT molecular complexity index is 1700. The van der Waals surface area contributed by atoms with Crippen LogP contribution in [0.4, 0.5) is 17.1 Å². The Morgan fingerprint density at radius 1 is 0.821 bits per heavy atom. The molecule has 1 fully saturated rings. The Labute approximate surface area is 228 Å². The van der Waals surface area contributed by atoms with E-state index in [2.05, 4.69) is 4.99 Å². The highest BCUT2D eigenvalue weighted by atomic mass is 35.5. The average Bonchev–Trinajstić information content (AvgIpc) is 3.23. The first-order valence-electron chi connectivity index (χ1n) is 12.5. The number of hydrogen-bond acceptors (Lipinski definition) is 5. The standard InChI is InChI=1S/C31H20ClN3O4/c32-22-13-5-7-15-24(22)34-29(36)27-26-18-9-1-3-11-20(18)31(28(27)30(34)37,21-12-4-2-10-19(21)26)17-33-23-14-6-8-16-25(23)35(38)39/h1-17,26-28H/t26?,27-,28+,31?/m0/s1. The fourth-order valence-corrected chi connectivity index (χ4v) is 7.04. The summed E-state index contributed by atoms with van der Waals surface area (Å²) < 4.78 is 0. The van der Waals surface area contributed by atoms with Crippen molar-refractivity contribution in [2.24, 2.45) is 16.8 Å². The Hall–Kier alpha value is -4.62. The van der Waals surface area contributed by atoms with Gasteiger partial charge in [-0.15, -0.1) is 0 Å². The predicted octanol–water partition coefficient (Wildman–Crippen LogP) is 6.20. The molecule has 2 atom stereocenters. The number of amides is 2. The van der Waals surface area contributed by atoms with Gasteiger partial charge in [-0.3, -0.25) is 24.7 Å². The molecule has 4 aliphatic rings. The van der Waals surface area contributed by atoms with Crippen molar-refractivity contribution < 1.29 is 14.5 Å². The zero-order valence-electron chi connectivity index (χ0n) is 20.4. The lowest BCUT2D eigenvalue weighted by atomic mass is 9.47. The molecule has 2 bridgehead atoms. The summed E-state index contributed by atoms with van der Waals surface area (Å²) >= 11 is 6.49. The van der Waals surface area contributed by atoms with E-state index < -0.39 is 22.2 Å². The first-order valence-corrected chi connectivity index (χ1v) is 12.9. The van der Waals surface area contributed by atoms with Crippen LogP contribution in [0.3, 0.4) is 0 Å². The molecular formula is C31H20ClN3O4. The first kappa shape index (κ1) is 23.5. The number of carbonyl (C=O) groups excluding carboxylic acids is 2. The molecule has 0 saturated carbocycles. The van der Waals surface area contributed by atoms with Crippen molar-refractivity contribution in [2.45, 2.75) is 11.3 Å². The van der Waals surface area contributed by atoms with Gasteiger partial charge in [0.05, 0.1) is 32.9 Å². The smallest absolute Gasteiger partial charge is 0.274 e. The summed E-state index contributed by atoms with van der Waals surface area (Å²) in [7, 11) is 0. The van der Waals surface area contributed by atoms with Crippen molar-refractivity contribution in [3.8, 4) is 0 Å². The molecule has 1 aliphatic heterocycles. The van der Waals surface area contributed by atoms with Crippen molar-refractivity contribution in [3.63, 3.8) is 0 Å². The normalized spacial score (nSPS) is 24.5. The van der Waals surface area contributed by atoms with E-state index in [1.54, 1.807) is 48.7 Å². The number of halogens is 1. The van der Waals surface area contributed by atoms with E-state index in [-0.39, 0.29) is 29.1 Å². The number of para-hydroxylation sites is 3. The van der Waals surface area contributed by atoms with Gasteiger partial charge in [-0.25, -0.2) is 4.90 Å². The maximum absolute atomic E-state index is 14.4. The summed E-state index contributed by atoms with van der Waals surface area (Å²) in [5, 5.41) is 12.1. The molecule has 0 unspecified atom stereocenters. The third-order valence-electron chi connectivity index (χ3n) is 8.26. The molecule has 3 aliphatic carbocycles. The lowest BCUT2D eigenvalue weighted by Gasteiger charge is -2.52. The summed E-state index contributed by atoms with van der Waals surface area (Å²) in [6.45, 7) is 0. The number of rotatable bonds is 4. The van der Waals surface area contributed by atoms with E-state index in [1.807, 2.05) is 48.5 Å². The molecule has 0 spiro atoms. The van der Waals surface area contributed by atoms with Crippen molar-refractivity contribution in [1.29, 1.82) is 0 Å². The van der Waals surface area contributed by atoms with Crippen molar-refractivity contribution in [2.75, 3.05) is 4.90 Å². The molecule has 8 heteroatoms. The van der Waals surface area contributed by atoms with Crippen molar-refractivity contribution in [3.05, 3.63) is 134 Å². The Kier molecular flexibility index (Phi) is 5.09. The number of nitrogens with zero attached hydrogens (tertiary/aromatic N) is 3. The molecule has 2 amide bonds. The first-order chi connectivity index (χ1) is 18.9. The van der Waals surface area contributed by atoms with Gasteiger partial charge >= 0.3 is 0 Å². The predicted molar refractivity (Wildman–Crippen MR) is 148 cm³/mol. The zero-order valence-corrected chi connectivity index (χ0v) is 21.2. The van der Waals surface area contributed by atoms with Crippen LogP contribution < -0.4 is 4.90 Å². The number of hydrogen-bond donors (Lipinski definition) is 0. The molecule has 0 N–H and O–H groups in total. The monoisotopic (exact) mass is 533 g/mol. The molecule has 4 aromatic carbocycles. The zero-order chi connectivity index (χ0) is 26.9. The van der Waals surface area contributed by atoms with Crippen LogP contribution in [0.2, 0.25) is 5.02 Å². The Morgan fingerprint density at radius 3 is 2.08 bits per heavy atom. The molecule has 1 heterocycles. The lowest BCUT2D eigenvalue weighted by Crippen LogP contribution is -2.54. The van der Waals surface area contributed by atoms with E-state index in [0.29, 0.717) is 10.7 Å². The van der Waals surface area contributed by atoms with Gasteiger partial charge in [0.1, 0.15) is 5.69 Å². The molecule has 0 radical (unpaired) electrons. The lowest BCUT2D eigenvalue weighted by molar-refractivity contribution is -0.384. The molecule has 190 valence electrons. The summed E-state index contributed by atoms with van der Waals surface area (Å²) in [5.41, 5.74) is 2.91. The minimum Gasteiger partial charge on any atom is -0.274 e. The fraction of sp³-hybridized carbons (Fsp3) is 0.129. The number of benzene rings is 4. The highest BCUT2D eigenvalue weighted by molar-refractivity contribution is 6.36. The molecule has 4 aromatic rings. The summed E-state index contributed by atoms with van der Waals surface area (Å²) in [4.78, 5) is 45.7. The van der Waals surface area contributed by atoms with Gasteiger partial charge in [-0.05, 0) is 40.5 Å². The van der Waals surface area contributed by atoms with Crippen LogP contribution in [0.1, 0.15) is 28.2 Å². The van der Waals surface area contributed by atoms with Gasteiger partial charge < -0.3 is 0 Å². The number of nitro benzene ring substituents is 1. The number of carbonyl (C=O) groups is 2. The number of anilines is 1. The average molecular weight is 534 g/mol. The van der Waals surface area contributed by atoms with Crippen molar-refractivity contribution in [1.82, 2.24) is 0 Å². The van der Waals surface area contributed by atoms with E-state index in [9.17, 15) is 19.7 Å². The second-order valence-corrected chi connectivity index (χ2v) is 10.4. The highest BCUT2D eigenvalue weighted by Crippen LogP contribution is 2.64. The topological polar surface area (TPSA) is 92.9 Å². The summed E-state index contributed by atoms with van der Waals surface area (Å²) in [6, 6.07) is 28.7. The summed E-state index contributed by atoms with van der Waals surface area (Å²) in [6.07, 6.45) is 1.65. The largest absolute Gasteiger partial charge is 0.294 e. The molecule has 7 nitrogen and oxygen atoms in total. The number of nitro groups is 1. The minimum atomic E-state index is -1.13. The van der Waals surface area contributed by atoms with Gasteiger partial charge in [0, 0.05) is 18.2 Å². The van der Waals surface area contributed by atoms with Crippen LogP contribution in [0, 0.1) is 22.0 Å². The third kappa shape index (κ3) is 3.08. The molecule has 1 saturated heterocycles. The van der Waals surface area contributed by atoms with Crippen molar-refractivity contribution >= 4 is 46.7 Å². The maximum Gasteiger partial charge on any atom is 0.294 e. The van der Waals surface area contributed by atoms with E-state index in [1.165, 1.54) is 11.0 Å². The number of aliphatic imine (C=N–C) groups is 1. The number of imide groups is 1. The van der Waals surface area contributed by atoms with Gasteiger partial charge in [0.15, 0.2) is 0 Å². The van der Waals surface area contributed by atoms with Crippen LogP contribution in [0.15, 0.2) is 102 Å². The minimum absolute atomic E-state index is 0.140. The van der Waals surface area contributed by atoms with Gasteiger partial charge in [0.25, 0.3) is 5.69 Å². The van der Waals surface area contributed by atoms with Gasteiger partial charge in [-0.1, -0.05) is 84.4 Å². The third-order valence-corrected chi connectivity index (χ3v) is 8.58. The van der Waals surface area contributed by atoms with E-state index >= 15 is 0 Å². The molecule has 8 rings (SSSR count). The van der Waals surface area contributed by atoms with Crippen LogP contribution in [-0.2, 0) is 15.0 Å². The fourth-order valence-electron chi connectivity index (χ4n) is 6.82. The van der Waals surface area contributed by atoms with Gasteiger partial charge in [-0.2, -0.15) is 0 Å². The van der Waals surface area contributed by atoms with Crippen LogP contribution >= 0.6 is 11.6 Å². The van der Waals surface area contributed by atoms with Crippen LogP contribution in [0.25, 0.3) is 0 Å². The van der Waals surface area contributed by atoms with Crippen LogP contribution in [-0.4, -0.2) is 23.0 Å². The highest BCUT2D eigenvalue weighted by Gasteiger charge is 2.68. The van der Waals surface area contributed by atoms with E-state index in [0.717, 1.165) is 22.3 Å². The molecular weight excluding hydrogens is 514 g/mol. The quantitative estimate of drug-likeness (QED) is 0.135. The van der Waals surface area contributed by atoms with Crippen LogP contribution in [0.5, 0.6) is 0 Å². The Morgan fingerprint density at radius 2 is 1.41 bits per heavy atom. The maximum atomic E-state index is 14.4. The second-order valence-electron chi connectivity index (χ2n) is 9.99. The molecule has 0 aromatic heterocycles. The summed E-state index contributed by atoms with van der Waals surface area (Å²) in [5.74, 6) is -2.48. The SMILES string of the molecule is O=C1[C@H]2C3c4ccccc4C(C=Nc4ccccc4[N+](=O)[O-])(c4ccccc43)[C@H]2C(=O)N1c1ccccc1Cl. The van der Waals surface area contributed by atoms with E-state index in [4.69, 9.17) is 11.6 Å². The second kappa shape index (κ2) is 8.44. The Balaban J connectivity index is 1.52.